The quantitative estimate of drug-likeness (QED) is 0.829. The Balaban J connectivity index is 1.80. The van der Waals surface area contributed by atoms with E-state index in [1.165, 1.54) is 0 Å². The summed E-state index contributed by atoms with van der Waals surface area (Å²) < 4.78 is 5.13. The molecule has 21 heavy (non-hydrogen) atoms. The summed E-state index contributed by atoms with van der Waals surface area (Å²) in [7, 11) is 3.91. The SMILES string of the molecule is Cc1cc(CCCNC(=O)c2cccc(N(C)C)c2)on1. The third-order valence-electron chi connectivity index (χ3n) is 3.19. The van der Waals surface area contributed by atoms with Crippen LogP contribution in [0.3, 0.4) is 0 Å². The van der Waals surface area contributed by atoms with Gasteiger partial charge in [-0.15, -0.1) is 0 Å². The zero-order chi connectivity index (χ0) is 15.2. The third-order valence-corrected chi connectivity index (χ3v) is 3.19. The van der Waals surface area contributed by atoms with E-state index < -0.39 is 0 Å². The molecule has 112 valence electrons. The van der Waals surface area contributed by atoms with E-state index in [4.69, 9.17) is 4.52 Å². The zero-order valence-electron chi connectivity index (χ0n) is 12.7. The molecule has 0 fully saturated rings. The van der Waals surface area contributed by atoms with Crippen molar-refractivity contribution in [3.8, 4) is 0 Å². The number of hydrogen-bond acceptors (Lipinski definition) is 4. The number of hydrogen-bond donors (Lipinski definition) is 1. The second-order valence-corrected chi connectivity index (χ2v) is 5.24. The Bertz CT molecular complexity index is 605. The summed E-state index contributed by atoms with van der Waals surface area (Å²) >= 11 is 0. The molecule has 2 rings (SSSR count). The fourth-order valence-electron chi connectivity index (χ4n) is 2.03. The normalized spacial score (nSPS) is 10.4. The zero-order valence-corrected chi connectivity index (χ0v) is 12.7. The lowest BCUT2D eigenvalue weighted by atomic mass is 10.1. The minimum Gasteiger partial charge on any atom is -0.378 e. The number of nitrogens with zero attached hydrogens (tertiary/aromatic N) is 2. The molecule has 1 N–H and O–H groups in total. The van der Waals surface area contributed by atoms with Gasteiger partial charge in [-0.2, -0.15) is 0 Å². The van der Waals surface area contributed by atoms with Crippen LogP contribution >= 0.6 is 0 Å². The number of benzene rings is 1. The van der Waals surface area contributed by atoms with Crippen molar-refractivity contribution < 1.29 is 9.32 Å². The number of carbonyl (C=O) groups excluding carboxylic acids is 1. The number of carbonyl (C=O) groups is 1. The molecule has 0 saturated heterocycles. The predicted octanol–water partition coefficient (Wildman–Crippen LogP) is 2.41. The Kier molecular flexibility index (Phi) is 4.98. The van der Waals surface area contributed by atoms with Gasteiger partial charge in [0.05, 0.1) is 5.69 Å². The van der Waals surface area contributed by atoms with E-state index in [1.54, 1.807) is 0 Å². The third kappa shape index (κ3) is 4.34. The van der Waals surface area contributed by atoms with Gasteiger partial charge in [0.15, 0.2) is 0 Å². The van der Waals surface area contributed by atoms with Crippen molar-refractivity contribution in [1.82, 2.24) is 10.5 Å². The first kappa shape index (κ1) is 15.1. The molecule has 0 atom stereocenters. The van der Waals surface area contributed by atoms with Crippen LogP contribution < -0.4 is 10.2 Å². The van der Waals surface area contributed by atoms with Crippen LogP contribution in [0.2, 0.25) is 0 Å². The monoisotopic (exact) mass is 287 g/mol. The highest BCUT2D eigenvalue weighted by molar-refractivity contribution is 5.95. The average molecular weight is 287 g/mol. The van der Waals surface area contributed by atoms with Gasteiger partial charge in [0.2, 0.25) is 0 Å². The fraction of sp³-hybridized carbons (Fsp3) is 0.375. The number of nitrogens with one attached hydrogen (secondary N) is 1. The summed E-state index contributed by atoms with van der Waals surface area (Å²) in [6, 6.07) is 9.49. The van der Waals surface area contributed by atoms with E-state index in [1.807, 2.05) is 56.3 Å². The summed E-state index contributed by atoms with van der Waals surface area (Å²) in [5, 5.41) is 6.76. The van der Waals surface area contributed by atoms with E-state index in [2.05, 4.69) is 10.5 Å². The molecule has 0 unspecified atom stereocenters. The minimum absolute atomic E-state index is 0.0487. The van der Waals surface area contributed by atoms with E-state index in [0.29, 0.717) is 12.1 Å². The summed E-state index contributed by atoms with van der Waals surface area (Å²) in [6.07, 6.45) is 1.60. The van der Waals surface area contributed by atoms with Crippen LogP contribution in [0.5, 0.6) is 0 Å². The molecule has 0 saturated carbocycles. The van der Waals surface area contributed by atoms with Gasteiger partial charge in [-0.05, 0) is 31.5 Å². The van der Waals surface area contributed by atoms with Gasteiger partial charge in [-0.3, -0.25) is 4.79 Å². The lowest BCUT2D eigenvalue weighted by molar-refractivity contribution is 0.0953. The van der Waals surface area contributed by atoms with Crippen LogP contribution in [0, 0.1) is 6.92 Å². The van der Waals surface area contributed by atoms with E-state index in [9.17, 15) is 4.79 Å². The maximum atomic E-state index is 12.1. The Labute approximate surface area is 124 Å². The van der Waals surface area contributed by atoms with Crippen LogP contribution in [0.15, 0.2) is 34.9 Å². The van der Waals surface area contributed by atoms with Gasteiger partial charge in [-0.1, -0.05) is 11.2 Å². The molecular weight excluding hydrogens is 266 g/mol. The molecule has 0 aliphatic carbocycles. The van der Waals surface area contributed by atoms with Gasteiger partial charge in [0, 0.05) is 44.4 Å². The van der Waals surface area contributed by atoms with Crippen LogP contribution in [0.4, 0.5) is 5.69 Å². The van der Waals surface area contributed by atoms with Crippen molar-refractivity contribution >= 4 is 11.6 Å². The Morgan fingerprint density at radius 1 is 1.33 bits per heavy atom. The molecule has 0 aliphatic rings. The van der Waals surface area contributed by atoms with Crippen molar-refractivity contribution in [3.05, 3.63) is 47.3 Å². The summed E-state index contributed by atoms with van der Waals surface area (Å²) in [4.78, 5) is 14.0. The molecule has 5 nitrogen and oxygen atoms in total. The standard InChI is InChI=1S/C16H21N3O2/c1-12-10-15(21-18-12)8-5-9-17-16(20)13-6-4-7-14(11-13)19(2)3/h4,6-7,10-11H,5,8-9H2,1-3H3,(H,17,20). The second kappa shape index (κ2) is 6.92. The van der Waals surface area contributed by atoms with Crippen LogP contribution in [-0.2, 0) is 6.42 Å². The lowest BCUT2D eigenvalue weighted by Gasteiger charge is -2.13. The highest BCUT2D eigenvalue weighted by Crippen LogP contribution is 2.13. The molecule has 0 radical (unpaired) electrons. The lowest BCUT2D eigenvalue weighted by Crippen LogP contribution is -2.25. The molecular formula is C16H21N3O2. The second-order valence-electron chi connectivity index (χ2n) is 5.24. The fourth-order valence-corrected chi connectivity index (χ4v) is 2.03. The first-order valence-corrected chi connectivity index (χ1v) is 7.04. The smallest absolute Gasteiger partial charge is 0.251 e. The van der Waals surface area contributed by atoms with Crippen LogP contribution in [-0.4, -0.2) is 31.7 Å². The van der Waals surface area contributed by atoms with Gasteiger partial charge in [0.1, 0.15) is 5.76 Å². The Morgan fingerprint density at radius 2 is 2.14 bits per heavy atom. The van der Waals surface area contributed by atoms with E-state index in [0.717, 1.165) is 30.0 Å². The Morgan fingerprint density at radius 3 is 2.81 bits per heavy atom. The maximum absolute atomic E-state index is 12.1. The van der Waals surface area contributed by atoms with Crippen molar-refractivity contribution in [1.29, 1.82) is 0 Å². The van der Waals surface area contributed by atoms with Crippen molar-refractivity contribution in [2.75, 3.05) is 25.5 Å². The van der Waals surface area contributed by atoms with Gasteiger partial charge in [0.25, 0.3) is 5.91 Å². The molecule has 0 bridgehead atoms. The van der Waals surface area contributed by atoms with Crippen LogP contribution in [0.25, 0.3) is 0 Å². The number of aromatic nitrogens is 1. The highest BCUT2D eigenvalue weighted by Gasteiger charge is 2.07. The molecule has 1 aromatic heterocycles. The van der Waals surface area contributed by atoms with Gasteiger partial charge >= 0.3 is 0 Å². The van der Waals surface area contributed by atoms with Gasteiger partial charge < -0.3 is 14.7 Å². The van der Waals surface area contributed by atoms with Gasteiger partial charge in [-0.25, -0.2) is 0 Å². The average Bonchev–Trinajstić information content (AvgIpc) is 2.89. The number of amides is 1. The molecule has 1 aromatic carbocycles. The largest absolute Gasteiger partial charge is 0.378 e. The molecule has 1 heterocycles. The van der Waals surface area contributed by atoms with Crippen molar-refractivity contribution in [2.45, 2.75) is 19.8 Å². The first-order valence-electron chi connectivity index (χ1n) is 7.04. The number of rotatable bonds is 6. The molecule has 0 spiro atoms. The van der Waals surface area contributed by atoms with E-state index >= 15 is 0 Å². The topological polar surface area (TPSA) is 58.4 Å². The maximum Gasteiger partial charge on any atom is 0.251 e. The van der Waals surface area contributed by atoms with Crippen LogP contribution in [0.1, 0.15) is 28.2 Å². The molecule has 2 aromatic rings. The number of aryl methyl sites for hydroxylation is 2. The summed E-state index contributed by atoms with van der Waals surface area (Å²) in [5.74, 6) is 0.809. The molecule has 5 heteroatoms. The Hall–Kier alpha value is -2.30. The summed E-state index contributed by atoms with van der Waals surface area (Å²) in [6.45, 7) is 2.51. The number of anilines is 1. The first-order chi connectivity index (χ1) is 10.1. The minimum atomic E-state index is -0.0487. The van der Waals surface area contributed by atoms with E-state index in [-0.39, 0.29) is 5.91 Å². The summed E-state index contributed by atoms with van der Waals surface area (Å²) in [5.41, 5.74) is 2.58. The predicted molar refractivity (Wildman–Crippen MR) is 82.7 cm³/mol. The highest BCUT2D eigenvalue weighted by atomic mass is 16.5. The van der Waals surface area contributed by atoms with Crippen molar-refractivity contribution in [3.63, 3.8) is 0 Å². The van der Waals surface area contributed by atoms with Crippen molar-refractivity contribution in [2.24, 2.45) is 0 Å². The molecule has 1 amide bonds. The molecule has 0 aliphatic heterocycles.